The zero-order valence-electron chi connectivity index (χ0n) is 11.7. The van der Waals surface area contributed by atoms with E-state index in [4.69, 9.17) is 4.74 Å². The number of likely N-dealkylation sites (tertiary alicyclic amines) is 1. The number of carbonyl (C=O) groups is 1. The lowest BCUT2D eigenvalue weighted by molar-refractivity contribution is -0.920. The van der Waals surface area contributed by atoms with E-state index in [1.807, 2.05) is 24.3 Å². The Morgan fingerprint density at radius 1 is 1.47 bits per heavy atom. The first-order chi connectivity index (χ1) is 9.19. The highest BCUT2D eigenvalue weighted by Crippen LogP contribution is 2.16. The normalized spacial score (nSPS) is 22.8. The van der Waals surface area contributed by atoms with Crippen molar-refractivity contribution in [2.75, 3.05) is 25.5 Å². The lowest BCUT2D eigenvalue weighted by Gasteiger charge is -2.29. The fourth-order valence-electron chi connectivity index (χ4n) is 2.63. The third-order valence-corrected chi connectivity index (χ3v) is 3.82. The fourth-order valence-corrected chi connectivity index (χ4v) is 2.63. The monoisotopic (exact) mass is 263 g/mol. The van der Waals surface area contributed by atoms with Crippen LogP contribution in [0.1, 0.15) is 26.2 Å². The van der Waals surface area contributed by atoms with Crippen molar-refractivity contribution < 1.29 is 14.4 Å². The average molecular weight is 263 g/mol. The molecule has 0 saturated carbocycles. The van der Waals surface area contributed by atoms with Crippen molar-refractivity contribution in [3.05, 3.63) is 24.3 Å². The summed E-state index contributed by atoms with van der Waals surface area (Å²) in [7, 11) is 1.63. The zero-order valence-corrected chi connectivity index (χ0v) is 11.7. The highest BCUT2D eigenvalue weighted by atomic mass is 16.5. The van der Waals surface area contributed by atoms with E-state index in [9.17, 15) is 4.79 Å². The van der Waals surface area contributed by atoms with Crippen LogP contribution in [0.3, 0.4) is 0 Å². The van der Waals surface area contributed by atoms with Crippen LogP contribution in [0.5, 0.6) is 5.75 Å². The average Bonchev–Trinajstić information content (AvgIpc) is 2.41. The van der Waals surface area contributed by atoms with Crippen LogP contribution in [0, 0.1) is 0 Å². The molecule has 2 atom stereocenters. The number of rotatable bonds is 4. The molecule has 19 heavy (non-hydrogen) atoms. The molecule has 0 aliphatic carbocycles. The Kier molecular flexibility index (Phi) is 4.80. The van der Waals surface area contributed by atoms with Gasteiger partial charge in [0.15, 0.2) is 6.54 Å². The third kappa shape index (κ3) is 3.96. The molecule has 4 nitrogen and oxygen atoms in total. The first-order valence-electron chi connectivity index (χ1n) is 6.97. The van der Waals surface area contributed by atoms with Crippen molar-refractivity contribution in [2.24, 2.45) is 0 Å². The van der Waals surface area contributed by atoms with Crippen LogP contribution in [0.25, 0.3) is 0 Å². The molecule has 1 aromatic rings. The number of piperidine rings is 1. The van der Waals surface area contributed by atoms with Gasteiger partial charge in [-0.1, -0.05) is 6.07 Å². The van der Waals surface area contributed by atoms with Crippen molar-refractivity contribution in [1.29, 1.82) is 0 Å². The van der Waals surface area contributed by atoms with Crippen LogP contribution in [-0.2, 0) is 4.79 Å². The van der Waals surface area contributed by atoms with Gasteiger partial charge in [0, 0.05) is 11.8 Å². The first-order valence-corrected chi connectivity index (χ1v) is 6.97. The van der Waals surface area contributed by atoms with Gasteiger partial charge < -0.3 is 15.0 Å². The van der Waals surface area contributed by atoms with Crippen molar-refractivity contribution >= 4 is 11.6 Å². The summed E-state index contributed by atoms with van der Waals surface area (Å²) >= 11 is 0. The van der Waals surface area contributed by atoms with E-state index in [1.165, 1.54) is 24.2 Å². The Balaban J connectivity index is 1.89. The summed E-state index contributed by atoms with van der Waals surface area (Å²) in [6.45, 7) is 3.89. The van der Waals surface area contributed by atoms with Crippen LogP contribution in [0.4, 0.5) is 5.69 Å². The number of amides is 1. The number of anilines is 1. The third-order valence-electron chi connectivity index (χ3n) is 3.82. The molecule has 1 fully saturated rings. The largest absolute Gasteiger partial charge is 0.497 e. The number of ether oxygens (including phenoxy) is 1. The number of carbonyl (C=O) groups excluding carboxylic acids is 1. The number of hydrogen-bond acceptors (Lipinski definition) is 2. The quantitative estimate of drug-likeness (QED) is 0.854. The molecule has 0 spiro atoms. The Hall–Kier alpha value is -1.55. The number of hydrogen-bond donors (Lipinski definition) is 2. The molecule has 1 heterocycles. The van der Waals surface area contributed by atoms with Crippen molar-refractivity contribution in [2.45, 2.75) is 32.2 Å². The molecule has 4 heteroatoms. The van der Waals surface area contributed by atoms with Gasteiger partial charge in [-0.25, -0.2) is 0 Å². The molecule has 1 aliphatic heterocycles. The lowest BCUT2D eigenvalue weighted by Crippen LogP contribution is -3.17. The van der Waals surface area contributed by atoms with Crippen LogP contribution >= 0.6 is 0 Å². The number of nitrogens with one attached hydrogen (secondary N) is 2. The minimum Gasteiger partial charge on any atom is -0.497 e. The zero-order chi connectivity index (χ0) is 13.7. The molecule has 1 aromatic carbocycles. The SMILES string of the molecule is COc1cccc(NC(=O)C[NH+]2CCCC[C@H]2C)c1. The van der Waals surface area contributed by atoms with Crippen molar-refractivity contribution in [3.8, 4) is 5.75 Å². The highest BCUT2D eigenvalue weighted by molar-refractivity contribution is 5.91. The number of quaternary nitrogens is 1. The van der Waals surface area contributed by atoms with Crippen molar-refractivity contribution in [1.82, 2.24) is 0 Å². The summed E-state index contributed by atoms with van der Waals surface area (Å²) in [5.41, 5.74) is 0.799. The molecule has 1 unspecified atom stereocenters. The van der Waals surface area contributed by atoms with Gasteiger partial charge in [-0.15, -0.1) is 0 Å². The second kappa shape index (κ2) is 6.57. The van der Waals surface area contributed by atoms with Gasteiger partial charge in [-0.2, -0.15) is 0 Å². The van der Waals surface area contributed by atoms with Gasteiger partial charge >= 0.3 is 0 Å². The fraction of sp³-hybridized carbons (Fsp3) is 0.533. The van der Waals surface area contributed by atoms with Gasteiger partial charge in [-0.3, -0.25) is 4.79 Å². The van der Waals surface area contributed by atoms with E-state index in [0.717, 1.165) is 18.0 Å². The standard InChI is InChI=1S/C15H22N2O2/c1-12-6-3-4-9-17(12)11-15(18)16-13-7-5-8-14(10-13)19-2/h5,7-8,10,12H,3-4,6,9,11H2,1-2H3,(H,16,18)/p+1/t12-/m1/s1. The molecule has 1 amide bonds. The van der Waals surface area contributed by atoms with E-state index in [-0.39, 0.29) is 5.91 Å². The Morgan fingerprint density at radius 2 is 2.32 bits per heavy atom. The molecular weight excluding hydrogens is 240 g/mol. The maximum absolute atomic E-state index is 12.1. The predicted molar refractivity (Wildman–Crippen MR) is 75.6 cm³/mol. The summed E-state index contributed by atoms with van der Waals surface area (Å²) in [6.07, 6.45) is 3.75. The lowest BCUT2D eigenvalue weighted by atomic mass is 10.0. The van der Waals surface area contributed by atoms with Crippen LogP contribution in [0.2, 0.25) is 0 Å². The minimum absolute atomic E-state index is 0.0806. The summed E-state index contributed by atoms with van der Waals surface area (Å²) < 4.78 is 5.15. The molecular formula is C15H23N2O2+. The number of benzene rings is 1. The van der Waals surface area contributed by atoms with Crippen LogP contribution < -0.4 is 15.0 Å². The molecule has 2 rings (SSSR count). The van der Waals surface area contributed by atoms with E-state index in [1.54, 1.807) is 7.11 Å². The van der Waals surface area contributed by atoms with Crippen LogP contribution in [-0.4, -0.2) is 32.1 Å². The van der Waals surface area contributed by atoms with E-state index >= 15 is 0 Å². The molecule has 104 valence electrons. The van der Waals surface area contributed by atoms with Gasteiger partial charge in [0.05, 0.1) is 19.7 Å². The van der Waals surface area contributed by atoms with Crippen molar-refractivity contribution in [3.63, 3.8) is 0 Å². The second-order valence-electron chi connectivity index (χ2n) is 5.26. The molecule has 0 aromatic heterocycles. The predicted octanol–water partition coefficient (Wildman–Crippen LogP) is 1.09. The summed E-state index contributed by atoms with van der Waals surface area (Å²) in [4.78, 5) is 13.4. The van der Waals surface area contributed by atoms with Gasteiger partial charge in [0.25, 0.3) is 5.91 Å². The summed E-state index contributed by atoms with van der Waals surface area (Å²) in [5.74, 6) is 0.841. The minimum atomic E-state index is 0.0806. The van der Waals surface area contributed by atoms with Gasteiger partial charge in [0.1, 0.15) is 5.75 Å². The summed E-state index contributed by atoms with van der Waals surface area (Å²) in [5, 5.41) is 2.94. The molecule has 1 aliphatic rings. The second-order valence-corrected chi connectivity index (χ2v) is 5.26. The molecule has 1 saturated heterocycles. The highest BCUT2D eigenvalue weighted by Gasteiger charge is 2.24. The maximum Gasteiger partial charge on any atom is 0.279 e. The summed E-state index contributed by atoms with van der Waals surface area (Å²) in [6, 6.07) is 8.06. The molecule has 2 N–H and O–H groups in total. The molecule has 0 bridgehead atoms. The number of methoxy groups -OCH3 is 1. The molecule has 0 radical (unpaired) electrons. The van der Waals surface area contributed by atoms with Crippen LogP contribution in [0.15, 0.2) is 24.3 Å². The Bertz CT molecular complexity index is 434. The van der Waals surface area contributed by atoms with E-state index < -0.39 is 0 Å². The Morgan fingerprint density at radius 3 is 3.05 bits per heavy atom. The topological polar surface area (TPSA) is 42.8 Å². The van der Waals surface area contributed by atoms with Gasteiger partial charge in [-0.05, 0) is 38.3 Å². The van der Waals surface area contributed by atoms with E-state index in [0.29, 0.717) is 12.6 Å². The first kappa shape index (κ1) is 13.9. The Labute approximate surface area is 114 Å². The smallest absolute Gasteiger partial charge is 0.279 e. The van der Waals surface area contributed by atoms with E-state index in [2.05, 4.69) is 12.2 Å². The maximum atomic E-state index is 12.1. The van der Waals surface area contributed by atoms with Gasteiger partial charge in [0.2, 0.25) is 0 Å².